The second-order valence-corrected chi connectivity index (χ2v) is 9.16. The highest BCUT2D eigenvalue weighted by Crippen LogP contribution is 2.32. The molecule has 0 aliphatic heterocycles. The molecule has 0 saturated heterocycles. The number of hydrogen-bond donors (Lipinski definition) is 3. The first-order valence-electron chi connectivity index (χ1n) is 11.5. The quantitative estimate of drug-likeness (QED) is 0.324. The van der Waals surface area contributed by atoms with Crippen LogP contribution in [0.25, 0.3) is 21.6 Å². The van der Waals surface area contributed by atoms with E-state index in [0.29, 0.717) is 25.2 Å². The highest BCUT2D eigenvalue weighted by atomic mass is 32.1. The monoisotopic (exact) mass is 471 g/mol. The van der Waals surface area contributed by atoms with Crippen LogP contribution in [0.1, 0.15) is 37.8 Å². The number of hydrogen-bond acceptors (Lipinski definition) is 7. The van der Waals surface area contributed by atoms with Gasteiger partial charge in [-0.2, -0.15) is 0 Å². The predicted molar refractivity (Wildman–Crippen MR) is 140 cm³/mol. The lowest BCUT2D eigenvalue weighted by atomic mass is 9.98. The van der Waals surface area contributed by atoms with Crippen molar-refractivity contribution >= 4 is 27.4 Å². The third kappa shape index (κ3) is 5.60. The van der Waals surface area contributed by atoms with Gasteiger partial charge in [-0.05, 0) is 37.0 Å². The fourth-order valence-corrected chi connectivity index (χ4v) is 4.49. The number of pyridine rings is 1. The van der Waals surface area contributed by atoms with E-state index in [1.165, 1.54) is 5.56 Å². The molecule has 3 heterocycles. The molecular weight excluding hydrogens is 442 g/mol. The summed E-state index contributed by atoms with van der Waals surface area (Å²) in [6.45, 7) is 4.45. The number of benzene rings is 1. The topological polar surface area (TPSA) is 97.0 Å². The summed E-state index contributed by atoms with van der Waals surface area (Å²) in [6, 6.07) is 13.9. The first kappa shape index (κ1) is 23.8. The first-order chi connectivity index (χ1) is 16.5. The molecular formula is C27H29N5OS. The molecule has 0 spiro atoms. The van der Waals surface area contributed by atoms with Crippen molar-refractivity contribution in [3.05, 3.63) is 71.4 Å². The van der Waals surface area contributed by atoms with E-state index in [0.717, 1.165) is 33.6 Å². The van der Waals surface area contributed by atoms with Crippen LogP contribution in [-0.4, -0.2) is 38.2 Å². The van der Waals surface area contributed by atoms with Gasteiger partial charge in [-0.3, -0.25) is 4.98 Å². The molecule has 6 nitrogen and oxygen atoms in total. The Morgan fingerprint density at radius 1 is 1.09 bits per heavy atom. The molecule has 1 atom stereocenters. The summed E-state index contributed by atoms with van der Waals surface area (Å²) >= 11 is 1.54. The number of nitrogens with one attached hydrogen (secondary N) is 1. The Labute approximate surface area is 204 Å². The summed E-state index contributed by atoms with van der Waals surface area (Å²) in [4.78, 5) is 13.7. The van der Waals surface area contributed by atoms with Crippen LogP contribution in [-0.2, 0) is 6.42 Å². The molecule has 4 aromatic rings. The highest BCUT2D eigenvalue weighted by Gasteiger charge is 2.19. The summed E-state index contributed by atoms with van der Waals surface area (Å²) in [5, 5.41) is 16.0. The van der Waals surface area contributed by atoms with Crippen molar-refractivity contribution in [2.75, 3.05) is 11.9 Å². The normalized spacial score (nSPS) is 12.2. The van der Waals surface area contributed by atoms with E-state index in [9.17, 15) is 5.11 Å². The minimum atomic E-state index is -0.999. The van der Waals surface area contributed by atoms with Gasteiger partial charge in [0.2, 0.25) is 0 Å². The number of nitrogens with two attached hydrogens (primary N) is 1. The molecule has 0 amide bonds. The van der Waals surface area contributed by atoms with E-state index in [-0.39, 0.29) is 6.04 Å². The Morgan fingerprint density at radius 2 is 1.82 bits per heavy atom. The third-order valence-electron chi connectivity index (χ3n) is 5.83. The molecule has 1 aromatic carbocycles. The minimum Gasteiger partial charge on any atom is -0.378 e. The van der Waals surface area contributed by atoms with Gasteiger partial charge >= 0.3 is 0 Å². The number of thiophene rings is 1. The number of rotatable bonds is 8. The Balaban J connectivity index is 1.68. The maximum atomic E-state index is 10.6. The van der Waals surface area contributed by atoms with Crippen LogP contribution in [0, 0.1) is 11.8 Å². The average molecular weight is 472 g/mol. The molecule has 0 saturated carbocycles. The van der Waals surface area contributed by atoms with Crippen LogP contribution in [0.15, 0.2) is 60.2 Å². The molecule has 3 aromatic heterocycles. The van der Waals surface area contributed by atoms with Gasteiger partial charge in [0.15, 0.2) is 5.82 Å². The minimum absolute atomic E-state index is 0.0693. The first-order valence-corrected chi connectivity index (χ1v) is 12.4. The molecule has 7 heteroatoms. The van der Waals surface area contributed by atoms with Crippen molar-refractivity contribution in [2.24, 2.45) is 5.73 Å². The smallest absolute Gasteiger partial charge is 0.162 e. The van der Waals surface area contributed by atoms with Crippen LogP contribution < -0.4 is 11.1 Å². The molecule has 0 radical (unpaired) electrons. The molecule has 0 fully saturated rings. The Kier molecular flexibility index (Phi) is 7.53. The highest BCUT2D eigenvalue weighted by molar-refractivity contribution is 7.18. The predicted octanol–water partition coefficient (Wildman–Crippen LogP) is 4.64. The zero-order valence-electron chi connectivity index (χ0n) is 19.5. The third-order valence-corrected chi connectivity index (χ3v) is 6.80. The van der Waals surface area contributed by atoms with Gasteiger partial charge in [0, 0.05) is 35.9 Å². The van der Waals surface area contributed by atoms with Gasteiger partial charge in [0.05, 0.1) is 10.3 Å². The zero-order valence-corrected chi connectivity index (χ0v) is 20.3. The van der Waals surface area contributed by atoms with Gasteiger partial charge in [-0.15, -0.1) is 11.3 Å². The molecule has 0 bridgehead atoms. The summed E-state index contributed by atoms with van der Waals surface area (Å²) in [5.74, 6) is 7.55. The maximum absolute atomic E-state index is 10.6. The Morgan fingerprint density at radius 3 is 2.53 bits per heavy atom. The van der Waals surface area contributed by atoms with E-state index in [1.807, 2.05) is 49.6 Å². The molecule has 34 heavy (non-hydrogen) atoms. The summed E-state index contributed by atoms with van der Waals surface area (Å²) in [5.41, 5.74) is 9.05. The largest absolute Gasteiger partial charge is 0.378 e. The Hall–Kier alpha value is -3.31. The van der Waals surface area contributed by atoms with Crippen molar-refractivity contribution in [3.63, 3.8) is 0 Å². The second-order valence-electron chi connectivity index (χ2n) is 8.28. The fourth-order valence-electron chi connectivity index (χ4n) is 3.58. The van der Waals surface area contributed by atoms with Crippen molar-refractivity contribution in [3.8, 4) is 23.2 Å². The Bertz CT molecular complexity index is 1290. The van der Waals surface area contributed by atoms with Gasteiger partial charge in [0.1, 0.15) is 16.9 Å². The van der Waals surface area contributed by atoms with Crippen LogP contribution in [0.5, 0.6) is 0 Å². The molecule has 0 aliphatic carbocycles. The van der Waals surface area contributed by atoms with Crippen LogP contribution in [0.4, 0.5) is 5.82 Å². The van der Waals surface area contributed by atoms with E-state index in [4.69, 9.17) is 15.7 Å². The van der Waals surface area contributed by atoms with Gasteiger partial charge < -0.3 is 16.2 Å². The number of anilines is 1. The number of fused-ring (bicyclic) bond motifs is 1. The summed E-state index contributed by atoms with van der Waals surface area (Å²) < 4.78 is 0.922. The van der Waals surface area contributed by atoms with E-state index in [2.05, 4.69) is 34.3 Å². The van der Waals surface area contributed by atoms with Crippen LogP contribution in [0.2, 0.25) is 0 Å². The fraction of sp³-hybridized carbons (Fsp3) is 0.296. The maximum Gasteiger partial charge on any atom is 0.162 e. The van der Waals surface area contributed by atoms with Crippen molar-refractivity contribution < 1.29 is 5.11 Å². The van der Waals surface area contributed by atoms with Crippen molar-refractivity contribution in [2.45, 2.75) is 44.8 Å². The summed E-state index contributed by atoms with van der Waals surface area (Å²) in [6.07, 6.45) is 5.36. The van der Waals surface area contributed by atoms with E-state index < -0.39 is 5.60 Å². The number of aliphatic hydroxyl groups is 1. The second kappa shape index (κ2) is 10.7. The van der Waals surface area contributed by atoms with Gasteiger partial charge in [0.25, 0.3) is 0 Å². The number of nitrogens with zero attached hydrogens (tertiary/aromatic N) is 3. The SMILES string of the molecule is CCC(O)(C#Cc1csc2c(NCC(N)Cc3ccccc3)nc(-c3ccncc3)nc12)CC. The van der Waals surface area contributed by atoms with Crippen LogP contribution in [0.3, 0.4) is 0 Å². The van der Waals surface area contributed by atoms with Crippen molar-refractivity contribution in [1.29, 1.82) is 0 Å². The average Bonchev–Trinajstić information content (AvgIpc) is 3.30. The lowest BCUT2D eigenvalue weighted by Crippen LogP contribution is -2.31. The lowest BCUT2D eigenvalue weighted by Gasteiger charge is -2.17. The molecule has 174 valence electrons. The van der Waals surface area contributed by atoms with Gasteiger partial charge in [-0.25, -0.2) is 9.97 Å². The molecule has 1 unspecified atom stereocenters. The van der Waals surface area contributed by atoms with Gasteiger partial charge in [-0.1, -0.05) is 56.0 Å². The molecule has 0 aliphatic rings. The summed E-state index contributed by atoms with van der Waals surface area (Å²) in [7, 11) is 0. The standard InChI is InChI=1S/C27H29N5OS/c1-3-27(33,4-2)13-10-21-18-34-24-23(21)31-25(20-11-14-29-15-12-20)32-26(24)30-17-22(28)16-19-8-6-5-7-9-19/h5-9,11-12,14-15,18,22,33H,3-4,16-17,28H2,1-2H3,(H,30,31,32). The van der Waals surface area contributed by atoms with Crippen LogP contribution >= 0.6 is 11.3 Å². The molecule has 4 rings (SSSR count). The molecule has 4 N–H and O–H groups in total. The lowest BCUT2D eigenvalue weighted by molar-refractivity contribution is 0.0931. The van der Waals surface area contributed by atoms with E-state index in [1.54, 1.807) is 23.7 Å². The number of aromatic nitrogens is 3. The zero-order chi connectivity index (χ0) is 24.0. The van der Waals surface area contributed by atoms with E-state index >= 15 is 0 Å². The van der Waals surface area contributed by atoms with Crippen molar-refractivity contribution in [1.82, 2.24) is 15.0 Å².